The van der Waals surface area contributed by atoms with Gasteiger partial charge in [-0.25, -0.2) is 0 Å². The van der Waals surface area contributed by atoms with Crippen molar-refractivity contribution in [3.8, 4) is 0 Å². The number of nitrogens with zero attached hydrogens (tertiary/aromatic N) is 1. The highest BCUT2D eigenvalue weighted by molar-refractivity contribution is 5.86. The molecule has 3 atom stereocenters. The Kier molecular flexibility index (Phi) is 18.5. The Labute approximate surface area is 208 Å². The first-order chi connectivity index (χ1) is 16.7. The van der Waals surface area contributed by atoms with Gasteiger partial charge >= 0.3 is 0 Å². The van der Waals surface area contributed by atoms with Crippen molar-refractivity contribution < 1.29 is 23.9 Å². The number of nitrogens with one attached hydrogen (secondary N) is 2. The molecule has 0 aliphatic heterocycles. The molecule has 0 aliphatic rings. The summed E-state index contributed by atoms with van der Waals surface area (Å²) >= 11 is 0. The second-order valence-electron chi connectivity index (χ2n) is 8.32. The third-order valence-corrected chi connectivity index (χ3v) is 5.12. The van der Waals surface area contributed by atoms with Crippen LogP contribution in [0.3, 0.4) is 0 Å². The first-order valence-corrected chi connectivity index (χ1v) is 12.1. The molecule has 0 aliphatic carbocycles. The molecule has 0 fully saturated rings. The maximum atomic E-state index is 13.3. The summed E-state index contributed by atoms with van der Waals surface area (Å²) < 4.78 is 5.61. The van der Waals surface area contributed by atoms with Crippen LogP contribution in [0.2, 0.25) is 0 Å². The molecule has 0 aromatic carbocycles. The number of Topliss-reactive ketones (excluding diaryl/α,β-unsaturated/α-hetero) is 1. The first kappa shape index (κ1) is 32.6. The molecule has 202 valence electrons. The van der Waals surface area contributed by atoms with Crippen molar-refractivity contribution in [3.05, 3.63) is 12.2 Å². The number of carbonyl (C=O) groups is 4. The van der Waals surface area contributed by atoms with Crippen molar-refractivity contribution in [2.24, 2.45) is 28.9 Å². The van der Waals surface area contributed by atoms with Gasteiger partial charge in [-0.1, -0.05) is 19.1 Å². The van der Waals surface area contributed by atoms with Crippen molar-refractivity contribution in [1.29, 1.82) is 0 Å². The lowest BCUT2D eigenvalue weighted by molar-refractivity contribution is -0.140. The molecular formula is C23H45N7O5. The van der Waals surface area contributed by atoms with Crippen molar-refractivity contribution in [3.63, 3.8) is 0 Å². The monoisotopic (exact) mass is 499 g/mol. The van der Waals surface area contributed by atoms with Crippen LogP contribution in [-0.2, 0) is 23.9 Å². The molecule has 10 N–H and O–H groups in total. The SMILES string of the molecule is CC/C=C\COC[C@H](CC(C)=O)C(=O)N(CCCNC(=O)[C@H](N)CN)CCCNC(=O)[C@@H](N)CN. The maximum Gasteiger partial charge on any atom is 0.238 e. The molecule has 0 saturated heterocycles. The van der Waals surface area contributed by atoms with Gasteiger partial charge in [0.25, 0.3) is 0 Å². The number of hydrogen-bond donors (Lipinski definition) is 6. The van der Waals surface area contributed by atoms with E-state index in [4.69, 9.17) is 27.7 Å². The molecule has 12 heteroatoms. The number of ether oxygens (including phenoxy) is 1. The Morgan fingerprint density at radius 1 is 0.914 bits per heavy atom. The summed E-state index contributed by atoms with van der Waals surface area (Å²) in [5.41, 5.74) is 22.0. The number of amides is 3. The molecule has 12 nitrogen and oxygen atoms in total. The number of ketones is 1. The molecular weight excluding hydrogens is 454 g/mol. The molecule has 0 spiro atoms. The lowest BCUT2D eigenvalue weighted by Gasteiger charge is -2.27. The van der Waals surface area contributed by atoms with Crippen molar-refractivity contribution >= 4 is 23.5 Å². The topological polar surface area (TPSA) is 209 Å². The van der Waals surface area contributed by atoms with Gasteiger partial charge in [-0.3, -0.25) is 14.4 Å². The van der Waals surface area contributed by atoms with Crippen molar-refractivity contribution in [2.45, 2.75) is 51.6 Å². The number of hydrogen-bond acceptors (Lipinski definition) is 9. The molecule has 0 saturated carbocycles. The van der Waals surface area contributed by atoms with Crippen LogP contribution in [0.15, 0.2) is 12.2 Å². The minimum absolute atomic E-state index is 0.0378. The summed E-state index contributed by atoms with van der Waals surface area (Å²) in [5.74, 6) is -1.65. The highest BCUT2D eigenvalue weighted by Gasteiger charge is 2.26. The molecule has 0 bridgehead atoms. The van der Waals surface area contributed by atoms with Crippen LogP contribution in [0.1, 0.15) is 39.5 Å². The second-order valence-corrected chi connectivity index (χ2v) is 8.32. The fourth-order valence-electron chi connectivity index (χ4n) is 3.11. The third-order valence-electron chi connectivity index (χ3n) is 5.12. The summed E-state index contributed by atoms with van der Waals surface area (Å²) in [5, 5.41) is 5.39. The van der Waals surface area contributed by atoms with Crippen molar-refractivity contribution in [1.82, 2.24) is 15.5 Å². The van der Waals surface area contributed by atoms with Gasteiger partial charge in [-0.2, -0.15) is 0 Å². The minimum atomic E-state index is -0.782. The smallest absolute Gasteiger partial charge is 0.238 e. The Bertz CT molecular complexity index is 645. The zero-order valence-corrected chi connectivity index (χ0v) is 21.2. The van der Waals surface area contributed by atoms with Gasteiger partial charge < -0.3 is 48.0 Å². The Balaban J connectivity index is 5.07. The first-order valence-electron chi connectivity index (χ1n) is 12.1. The summed E-state index contributed by atoms with van der Waals surface area (Å²) in [6.07, 6.45) is 5.74. The van der Waals surface area contributed by atoms with E-state index in [9.17, 15) is 19.2 Å². The summed E-state index contributed by atoms with van der Waals surface area (Å²) in [6, 6.07) is -1.56. The lowest BCUT2D eigenvalue weighted by Crippen LogP contribution is -2.47. The number of carbonyl (C=O) groups excluding carboxylic acids is 4. The predicted molar refractivity (Wildman–Crippen MR) is 135 cm³/mol. The molecule has 0 aromatic rings. The van der Waals surface area contributed by atoms with Gasteiger partial charge in [-0.15, -0.1) is 0 Å². The molecule has 0 aromatic heterocycles. The van der Waals surface area contributed by atoms with Gasteiger partial charge in [-0.05, 0) is 26.2 Å². The highest BCUT2D eigenvalue weighted by Crippen LogP contribution is 2.12. The third kappa shape index (κ3) is 15.3. The largest absolute Gasteiger partial charge is 0.377 e. The van der Waals surface area contributed by atoms with E-state index in [-0.39, 0.29) is 49.6 Å². The fourth-order valence-corrected chi connectivity index (χ4v) is 3.11. The molecule has 0 rings (SSSR count). The molecule has 0 radical (unpaired) electrons. The average Bonchev–Trinajstić information content (AvgIpc) is 2.84. The highest BCUT2D eigenvalue weighted by atomic mass is 16.5. The van der Waals surface area contributed by atoms with Crippen LogP contribution in [0, 0.1) is 5.92 Å². The van der Waals surface area contributed by atoms with Gasteiger partial charge in [0.05, 0.1) is 31.2 Å². The Morgan fingerprint density at radius 3 is 1.86 bits per heavy atom. The quantitative estimate of drug-likeness (QED) is 0.0805. The fraction of sp³-hybridized carbons (Fsp3) is 0.739. The van der Waals surface area contributed by atoms with Crippen LogP contribution in [-0.4, -0.2) is 93.0 Å². The van der Waals surface area contributed by atoms with E-state index < -0.39 is 18.0 Å². The van der Waals surface area contributed by atoms with Gasteiger partial charge in [0.1, 0.15) is 5.78 Å². The van der Waals surface area contributed by atoms with Gasteiger partial charge in [0.15, 0.2) is 0 Å². The van der Waals surface area contributed by atoms with Crippen LogP contribution >= 0.6 is 0 Å². The number of nitrogens with two attached hydrogens (primary N) is 4. The van der Waals surface area contributed by atoms with E-state index >= 15 is 0 Å². The second kappa shape index (κ2) is 19.9. The van der Waals surface area contributed by atoms with E-state index in [1.54, 1.807) is 4.90 Å². The molecule has 0 unspecified atom stereocenters. The lowest BCUT2D eigenvalue weighted by atomic mass is 10.0. The van der Waals surface area contributed by atoms with E-state index in [0.717, 1.165) is 6.42 Å². The molecule has 0 heterocycles. The Morgan fingerprint density at radius 2 is 1.43 bits per heavy atom. The Hall–Kier alpha value is -2.38. The van der Waals surface area contributed by atoms with Gasteiger partial charge in [0.2, 0.25) is 17.7 Å². The number of allylic oxidation sites excluding steroid dienone is 1. The van der Waals surface area contributed by atoms with E-state index in [1.807, 2.05) is 19.1 Å². The predicted octanol–water partition coefficient (Wildman–Crippen LogP) is -2.02. The summed E-state index contributed by atoms with van der Waals surface area (Å²) in [4.78, 5) is 50.3. The van der Waals surface area contributed by atoms with Crippen LogP contribution < -0.4 is 33.6 Å². The minimum Gasteiger partial charge on any atom is -0.377 e. The molecule has 3 amide bonds. The zero-order chi connectivity index (χ0) is 26.6. The van der Waals surface area contributed by atoms with E-state index in [0.29, 0.717) is 45.6 Å². The summed E-state index contributed by atoms with van der Waals surface area (Å²) in [7, 11) is 0. The van der Waals surface area contributed by atoms with Crippen LogP contribution in [0.25, 0.3) is 0 Å². The van der Waals surface area contributed by atoms with E-state index in [2.05, 4.69) is 10.6 Å². The standard InChI is InChI=1S/C23H45N7O5/c1-3-4-5-12-35-16-18(13-17(2)31)23(34)30(10-6-8-28-21(32)19(26)14-24)11-7-9-29-22(33)20(27)15-25/h4-5,18-20H,3,6-16,24-27H2,1-2H3,(H,28,32)(H,29,33)/b5-4-/t18-,19-,20+/m0/s1. The van der Waals surface area contributed by atoms with Gasteiger partial charge in [0, 0.05) is 45.7 Å². The normalized spacial score (nSPS) is 13.8. The number of rotatable bonds is 20. The molecule has 35 heavy (non-hydrogen) atoms. The summed E-state index contributed by atoms with van der Waals surface area (Å²) in [6.45, 7) is 5.32. The zero-order valence-electron chi connectivity index (χ0n) is 21.2. The van der Waals surface area contributed by atoms with Crippen LogP contribution in [0.4, 0.5) is 0 Å². The van der Waals surface area contributed by atoms with Crippen molar-refractivity contribution in [2.75, 3.05) is 52.5 Å². The average molecular weight is 500 g/mol. The van der Waals surface area contributed by atoms with E-state index in [1.165, 1.54) is 6.92 Å². The maximum absolute atomic E-state index is 13.3. The van der Waals surface area contributed by atoms with Crippen LogP contribution in [0.5, 0.6) is 0 Å².